The van der Waals surface area contributed by atoms with Gasteiger partial charge in [0.2, 0.25) is 0 Å². The van der Waals surface area contributed by atoms with Crippen molar-refractivity contribution in [3.63, 3.8) is 0 Å². The molecule has 1 unspecified atom stereocenters. The van der Waals surface area contributed by atoms with Crippen LogP contribution in [0.3, 0.4) is 0 Å². The highest BCUT2D eigenvalue weighted by Gasteiger charge is 2.19. The Balaban J connectivity index is 4.18. The van der Waals surface area contributed by atoms with Gasteiger partial charge in [0.05, 0.1) is 0 Å². The molecule has 0 aromatic heterocycles. The molecular weight excluding hydrogens is 913 g/mol. The number of esters is 3. The summed E-state index contributed by atoms with van der Waals surface area (Å²) in [6, 6.07) is 0. The molecule has 0 rings (SSSR count). The zero-order valence-corrected chi connectivity index (χ0v) is 50.4. The van der Waals surface area contributed by atoms with E-state index >= 15 is 0 Å². The minimum absolute atomic E-state index is 0.0642. The average molecular weight is 1040 g/mol. The van der Waals surface area contributed by atoms with E-state index in [1.165, 1.54) is 289 Å². The lowest BCUT2D eigenvalue weighted by Crippen LogP contribution is -2.30. The molecule has 0 aromatic carbocycles. The Labute approximate surface area is 462 Å². The molecule has 0 aliphatic rings. The van der Waals surface area contributed by atoms with Crippen LogP contribution in [0.1, 0.15) is 387 Å². The van der Waals surface area contributed by atoms with Gasteiger partial charge >= 0.3 is 17.9 Å². The second-order valence-electron chi connectivity index (χ2n) is 23.1. The number of carbonyl (C=O) groups excluding carboxylic acids is 3. The first kappa shape index (κ1) is 72.2. The van der Waals surface area contributed by atoms with Gasteiger partial charge in [-0.05, 0) is 44.9 Å². The fourth-order valence-electron chi connectivity index (χ4n) is 10.4. The van der Waals surface area contributed by atoms with E-state index in [1.54, 1.807) is 0 Å². The van der Waals surface area contributed by atoms with E-state index in [1.807, 2.05) is 0 Å². The third-order valence-electron chi connectivity index (χ3n) is 15.5. The number of hydrogen-bond acceptors (Lipinski definition) is 6. The number of unbranched alkanes of at least 4 members (excludes halogenated alkanes) is 50. The highest BCUT2D eigenvalue weighted by molar-refractivity contribution is 5.71. The van der Waals surface area contributed by atoms with E-state index in [0.29, 0.717) is 19.3 Å². The molecule has 0 aliphatic carbocycles. The second kappa shape index (κ2) is 63.7. The number of carbonyl (C=O) groups is 3. The average Bonchev–Trinajstić information content (AvgIpc) is 3.40. The third kappa shape index (κ3) is 61.0. The van der Waals surface area contributed by atoms with Crippen LogP contribution in [0.15, 0.2) is 12.2 Å². The first-order valence-electron chi connectivity index (χ1n) is 33.7. The fraction of sp³-hybridized carbons (Fsp3) is 0.926. The fourth-order valence-corrected chi connectivity index (χ4v) is 10.4. The molecule has 6 nitrogen and oxygen atoms in total. The molecular formula is C68H130O6. The summed E-state index contributed by atoms with van der Waals surface area (Å²) in [5.74, 6) is -0.836. The van der Waals surface area contributed by atoms with Crippen LogP contribution in [-0.2, 0) is 28.6 Å². The molecule has 0 aromatic rings. The van der Waals surface area contributed by atoms with E-state index in [2.05, 4.69) is 32.9 Å². The van der Waals surface area contributed by atoms with Crippen molar-refractivity contribution in [2.45, 2.75) is 393 Å². The topological polar surface area (TPSA) is 78.9 Å². The van der Waals surface area contributed by atoms with E-state index < -0.39 is 6.10 Å². The Hall–Kier alpha value is -1.85. The van der Waals surface area contributed by atoms with Crippen molar-refractivity contribution in [3.05, 3.63) is 12.2 Å². The molecule has 0 spiro atoms. The highest BCUT2D eigenvalue weighted by Crippen LogP contribution is 2.18. The van der Waals surface area contributed by atoms with Crippen LogP contribution in [0.4, 0.5) is 0 Å². The third-order valence-corrected chi connectivity index (χ3v) is 15.5. The van der Waals surface area contributed by atoms with Crippen molar-refractivity contribution in [3.8, 4) is 0 Å². The molecule has 0 radical (unpaired) electrons. The number of ether oxygens (including phenoxy) is 3. The molecule has 0 aliphatic heterocycles. The summed E-state index contributed by atoms with van der Waals surface area (Å²) in [7, 11) is 0. The lowest BCUT2D eigenvalue weighted by Gasteiger charge is -2.18. The van der Waals surface area contributed by atoms with Crippen molar-refractivity contribution < 1.29 is 28.6 Å². The zero-order chi connectivity index (χ0) is 53.6. The summed E-state index contributed by atoms with van der Waals surface area (Å²) in [6.45, 7) is 6.71. The zero-order valence-electron chi connectivity index (χ0n) is 50.4. The van der Waals surface area contributed by atoms with Gasteiger partial charge in [-0.25, -0.2) is 0 Å². The molecule has 0 fully saturated rings. The molecule has 0 saturated carbocycles. The molecule has 0 saturated heterocycles. The first-order chi connectivity index (χ1) is 36.5. The van der Waals surface area contributed by atoms with Crippen molar-refractivity contribution in [1.29, 1.82) is 0 Å². The summed E-state index contributed by atoms with van der Waals surface area (Å²) in [5.41, 5.74) is 0. The predicted molar refractivity (Wildman–Crippen MR) is 321 cm³/mol. The standard InChI is InChI=1S/C68H130O6/c1-4-7-10-13-16-19-22-24-26-28-30-32-33-34-36-37-39-41-43-46-49-52-55-58-61-67(70)73-64-65(63-72-66(69)60-57-54-51-48-45-21-18-15-12-9-6-3)74-68(71)62-59-56-53-50-47-44-42-40-38-35-31-29-27-25-23-20-17-14-11-8-5-2/h29,31,65H,4-28,30,32-64H2,1-3H3/b31-29-. The summed E-state index contributed by atoms with van der Waals surface area (Å²) < 4.78 is 16.9. The van der Waals surface area contributed by atoms with E-state index in [-0.39, 0.29) is 31.1 Å². The SMILES string of the molecule is CCCCCCCCCC/C=C\CCCCCCCCCCCC(=O)OC(COC(=O)CCCCCCCCCCCCC)COC(=O)CCCCCCCCCCCCCCCCCCCCCCCCCC. The smallest absolute Gasteiger partial charge is 0.306 e. The maximum atomic E-state index is 12.9. The van der Waals surface area contributed by atoms with Crippen molar-refractivity contribution in [2.75, 3.05) is 13.2 Å². The highest BCUT2D eigenvalue weighted by atomic mass is 16.6. The van der Waals surface area contributed by atoms with Crippen LogP contribution in [0.25, 0.3) is 0 Å². The lowest BCUT2D eigenvalue weighted by molar-refractivity contribution is -0.167. The van der Waals surface area contributed by atoms with Gasteiger partial charge in [-0.1, -0.05) is 335 Å². The van der Waals surface area contributed by atoms with Crippen LogP contribution in [-0.4, -0.2) is 37.2 Å². The minimum Gasteiger partial charge on any atom is -0.462 e. The van der Waals surface area contributed by atoms with Crippen LogP contribution in [0, 0.1) is 0 Å². The Morgan fingerprint density at radius 1 is 0.257 bits per heavy atom. The second-order valence-corrected chi connectivity index (χ2v) is 23.1. The normalized spacial score (nSPS) is 12.0. The van der Waals surface area contributed by atoms with E-state index in [9.17, 15) is 14.4 Å². The lowest BCUT2D eigenvalue weighted by atomic mass is 10.0. The Kier molecular flexibility index (Phi) is 62.1. The van der Waals surface area contributed by atoms with Crippen LogP contribution in [0.2, 0.25) is 0 Å². The van der Waals surface area contributed by atoms with E-state index in [4.69, 9.17) is 14.2 Å². The van der Waals surface area contributed by atoms with Gasteiger partial charge in [0.25, 0.3) is 0 Å². The largest absolute Gasteiger partial charge is 0.462 e. The maximum absolute atomic E-state index is 12.9. The number of hydrogen-bond donors (Lipinski definition) is 0. The summed E-state index contributed by atoms with van der Waals surface area (Å²) in [5, 5.41) is 0. The monoisotopic (exact) mass is 1040 g/mol. The number of rotatable bonds is 63. The van der Waals surface area contributed by atoms with Gasteiger partial charge in [-0.3, -0.25) is 14.4 Å². The van der Waals surface area contributed by atoms with Crippen molar-refractivity contribution in [1.82, 2.24) is 0 Å². The quantitative estimate of drug-likeness (QED) is 0.0261. The van der Waals surface area contributed by atoms with E-state index in [0.717, 1.165) is 57.8 Å². The molecule has 1 atom stereocenters. The summed E-state index contributed by atoms with van der Waals surface area (Å²) in [4.78, 5) is 38.3. The molecule has 74 heavy (non-hydrogen) atoms. The molecule has 0 bridgehead atoms. The minimum atomic E-state index is -0.766. The Bertz CT molecular complexity index is 1150. The molecule has 0 amide bonds. The van der Waals surface area contributed by atoms with Gasteiger partial charge in [-0.15, -0.1) is 0 Å². The molecule has 0 N–H and O–H groups in total. The van der Waals surface area contributed by atoms with Gasteiger partial charge in [-0.2, -0.15) is 0 Å². The van der Waals surface area contributed by atoms with Crippen LogP contribution >= 0.6 is 0 Å². The van der Waals surface area contributed by atoms with Gasteiger partial charge in [0.1, 0.15) is 13.2 Å². The number of allylic oxidation sites excluding steroid dienone is 2. The molecule has 6 heteroatoms. The van der Waals surface area contributed by atoms with Crippen molar-refractivity contribution >= 4 is 17.9 Å². The Morgan fingerprint density at radius 2 is 0.446 bits per heavy atom. The van der Waals surface area contributed by atoms with Crippen LogP contribution < -0.4 is 0 Å². The Morgan fingerprint density at radius 3 is 0.676 bits per heavy atom. The van der Waals surface area contributed by atoms with Gasteiger partial charge < -0.3 is 14.2 Å². The predicted octanol–water partition coefficient (Wildman–Crippen LogP) is 22.8. The van der Waals surface area contributed by atoms with Gasteiger partial charge in [0, 0.05) is 19.3 Å². The summed E-state index contributed by atoms with van der Waals surface area (Å²) in [6.07, 6.45) is 75.2. The maximum Gasteiger partial charge on any atom is 0.306 e. The summed E-state index contributed by atoms with van der Waals surface area (Å²) >= 11 is 0. The van der Waals surface area contributed by atoms with Crippen molar-refractivity contribution in [2.24, 2.45) is 0 Å². The molecule has 438 valence electrons. The first-order valence-corrected chi connectivity index (χ1v) is 33.7. The van der Waals surface area contributed by atoms with Crippen LogP contribution in [0.5, 0.6) is 0 Å². The molecule has 0 heterocycles. The van der Waals surface area contributed by atoms with Gasteiger partial charge in [0.15, 0.2) is 6.10 Å².